The van der Waals surface area contributed by atoms with Crippen LogP contribution in [-0.4, -0.2) is 69.7 Å². The van der Waals surface area contributed by atoms with Crippen LogP contribution in [0.15, 0.2) is 24.3 Å². The van der Waals surface area contributed by atoms with Crippen molar-refractivity contribution >= 4 is 60.4 Å². The van der Waals surface area contributed by atoms with Gasteiger partial charge in [-0.25, -0.2) is 4.79 Å². The summed E-state index contributed by atoms with van der Waals surface area (Å²) in [4.78, 5) is 63.0. The predicted molar refractivity (Wildman–Crippen MR) is 185 cm³/mol. The lowest BCUT2D eigenvalue weighted by Crippen LogP contribution is -2.45. The molecule has 0 saturated carbocycles. The standard InChI is InChI=1S/C33H53IN2O8Si/c1-33(2,3)44-29(38)19-16-25(23-30(39)43-21-22-45(5,6)7)31(40)36-27(32(41)42-4)12-8-9-20-35-28(37)13-10-11-24-14-17-26(34)18-15-24/h14-15,17-18,25,27H,8-13,16,19-23H2,1-7H3,(H,35,37)(H,36,40)/t25?,27-/m0/s1. The summed E-state index contributed by atoms with van der Waals surface area (Å²) in [6, 6.07) is 8.11. The summed E-state index contributed by atoms with van der Waals surface area (Å²) < 4.78 is 16.8. The van der Waals surface area contributed by atoms with Crippen molar-refractivity contribution < 1.29 is 38.2 Å². The number of rotatable bonds is 20. The zero-order valence-electron chi connectivity index (χ0n) is 28.1. The number of aryl methyl sites for hydroxylation is 1. The number of hydrogen-bond acceptors (Lipinski definition) is 8. The first kappa shape index (κ1) is 40.5. The van der Waals surface area contributed by atoms with Gasteiger partial charge in [0.25, 0.3) is 0 Å². The van der Waals surface area contributed by atoms with Gasteiger partial charge in [0, 0.05) is 36.9 Å². The van der Waals surface area contributed by atoms with Crippen molar-refractivity contribution in [2.24, 2.45) is 5.92 Å². The average molecular weight is 761 g/mol. The highest BCUT2D eigenvalue weighted by molar-refractivity contribution is 14.1. The molecular formula is C33H53IN2O8Si. The van der Waals surface area contributed by atoms with Crippen molar-refractivity contribution in [3.63, 3.8) is 0 Å². The molecule has 0 aliphatic carbocycles. The quantitative estimate of drug-likeness (QED) is 0.0580. The predicted octanol–water partition coefficient (Wildman–Crippen LogP) is 5.57. The van der Waals surface area contributed by atoms with Crippen molar-refractivity contribution in [1.29, 1.82) is 0 Å². The van der Waals surface area contributed by atoms with E-state index in [9.17, 15) is 24.0 Å². The van der Waals surface area contributed by atoms with Gasteiger partial charge < -0.3 is 24.8 Å². The second-order valence-corrected chi connectivity index (χ2v) is 20.3. The summed E-state index contributed by atoms with van der Waals surface area (Å²) in [5.41, 5.74) is 0.520. The molecule has 1 unspecified atom stereocenters. The number of esters is 3. The molecule has 0 heterocycles. The second kappa shape index (κ2) is 20.6. The molecular weight excluding hydrogens is 707 g/mol. The molecule has 254 valence electrons. The van der Waals surface area contributed by atoms with Gasteiger partial charge >= 0.3 is 17.9 Å². The fourth-order valence-corrected chi connectivity index (χ4v) is 5.39. The fourth-order valence-electron chi connectivity index (χ4n) is 4.32. The van der Waals surface area contributed by atoms with Crippen LogP contribution in [0.2, 0.25) is 25.7 Å². The van der Waals surface area contributed by atoms with Crippen molar-refractivity contribution in [2.45, 2.75) is 116 Å². The first-order valence-electron chi connectivity index (χ1n) is 15.8. The van der Waals surface area contributed by atoms with E-state index in [0.29, 0.717) is 32.2 Å². The third-order valence-electron chi connectivity index (χ3n) is 6.84. The molecule has 0 aliphatic rings. The maximum Gasteiger partial charge on any atom is 0.328 e. The van der Waals surface area contributed by atoms with Gasteiger partial charge in [0.2, 0.25) is 11.8 Å². The summed E-state index contributed by atoms with van der Waals surface area (Å²) in [5, 5.41) is 5.63. The molecule has 12 heteroatoms. The molecule has 45 heavy (non-hydrogen) atoms. The van der Waals surface area contributed by atoms with Crippen molar-refractivity contribution in [1.82, 2.24) is 10.6 Å². The Hall–Kier alpha value is -2.48. The first-order valence-corrected chi connectivity index (χ1v) is 20.5. The number of ether oxygens (including phenoxy) is 3. The van der Waals surface area contributed by atoms with Crippen LogP contribution in [0.1, 0.15) is 77.7 Å². The third-order valence-corrected chi connectivity index (χ3v) is 9.27. The van der Waals surface area contributed by atoms with Gasteiger partial charge in [0.15, 0.2) is 0 Å². The maximum absolute atomic E-state index is 13.3. The zero-order valence-corrected chi connectivity index (χ0v) is 31.3. The van der Waals surface area contributed by atoms with Crippen LogP contribution in [-0.2, 0) is 44.6 Å². The van der Waals surface area contributed by atoms with E-state index in [-0.39, 0.29) is 31.8 Å². The van der Waals surface area contributed by atoms with E-state index in [1.807, 2.05) is 0 Å². The number of halogens is 1. The normalized spacial score (nSPS) is 12.9. The van der Waals surface area contributed by atoms with Crippen LogP contribution in [0.4, 0.5) is 0 Å². The Morgan fingerprint density at radius 1 is 0.911 bits per heavy atom. The third kappa shape index (κ3) is 20.3. The van der Waals surface area contributed by atoms with E-state index in [1.165, 1.54) is 16.2 Å². The van der Waals surface area contributed by atoms with Gasteiger partial charge in [-0.15, -0.1) is 0 Å². The Bertz CT molecular complexity index is 1100. The SMILES string of the molecule is COC(=O)[C@H](CCCCNC(=O)CCCc1ccc(I)cc1)NC(=O)C(CCC(=O)OC(C)(C)C)CC(=O)OCC[Si](C)(C)C. The minimum absolute atomic E-state index is 0.0251. The molecule has 0 bridgehead atoms. The van der Waals surface area contributed by atoms with E-state index in [4.69, 9.17) is 14.2 Å². The van der Waals surface area contributed by atoms with E-state index in [2.05, 4.69) is 77.1 Å². The molecule has 0 aliphatic heterocycles. The van der Waals surface area contributed by atoms with Gasteiger partial charge in [0.1, 0.15) is 11.6 Å². The summed E-state index contributed by atoms with van der Waals surface area (Å²) in [6.45, 7) is 12.5. The zero-order chi connectivity index (χ0) is 34.0. The summed E-state index contributed by atoms with van der Waals surface area (Å²) >= 11 is 2.26. The minimum atomic E-state index is -1.42. The van der Waals surface area contributed by atoms with Crippen LogP contribution in [0.3, 0.4) is 0 Å². The lowest BCUT2D eigenvalue weighted by molar-refractivity contribution is -0.156. The lowest BCUT2D eigenvalue weighted by Gasteiger charge is -2.23. The number of nitrogens with one attached hydrogen (secondary N) is 2. The number of benzene rings is 1. The molecule has 2 amide bonds. The number of methoxy groups -OCH3 is 1. The summed E-state index contributed by atoms with van der Waals surface area (Å²) in [7, 11) is -0.172. The van der Waals surface area contributed by atoms with Crippen LogP contribution >= 0.6 is 22.6 Å². The fraction of sp³-hybridized carbons (Fsp3) is 0.667. The van der Waals surface area contributed by atoms with E-state index >= 15 is 0 Å². The average Bonchev–Trinajstić information content (AvgIpc) is 2.93. The van der Waals surface area contributed by atoms with Gasteiger partial charge in [-0.3, -0.25) is 19.2 Å². The number of carbonyl (C=O) groups is 5. The smallest absolute Gasteiger partial charge is 0.328 e. The Morgan fingerprint density at radius 3 is 2.18 bits per heavy atom. The van der Waals surface area contributed by atoms with Crippen molar-refractivity contribution in [3.05, 3.63) is 33.4 Å². The number of hydrogen-bond donors (Lipinski definition) is 2. The summed E-state index contributed by atoms with van der Waals surface area (Å²) in [6.07, 6.45) is 3.24. The topological polar surface area (TPSA) is 137 Å². The van der Waals surface area contributed by atoms with Crippen LogP contribution in [0.5, 0.6) is 0 Å². The van der Waals surface area contributed by atoms with E-state index in [1.54, 1.807) is 20.8 Å². The molecule has 0 saturated heterocycles. The molecule has 0 aromatic heterocycles. The molecule has 0 radical (unpaired) electrons. The van der Waals surface area contributed by atoms with E-state index < -0.39 is 49.4 Å². The van der Waals surface area contributed by atoms with Gasteiger partial charge in [-0.05, 0) is 106 Å². The Morgan fingerprint density at radius 2 is 1.58 bits per heavy atom. The van der Waals surface area contributed by atoms with Gasteiger partial charge in [0.05, 0.1) is 20.1 Å². The van der Waals surface area contributed by atoms with Crippen molar-refractivity contribution in [3.8, 4) is 0 Å². The maximum atomic E-state index is 13.3. The Kier molecular flexibility index (Phi) is 18.6. The molecule has 1 aromatic carbocycles. The molecule has 2 N–H and O–H groups in total. The van der Waals surface area contributed by atoms with Crippen LogP contribution in [0, 0.1) is 9.49 Å². The largest absolute Gasteiger partial charge is 0.467 e. The Labute approximate surface area is 283 Å². The number of carbonyl (C=O) groups excluding carboxylic acids is 5. The highest BCUT2D eigenvalue weighted by atomic mass is 127. The van der Waals surface area contributed by atoms with Crippen LogP contribution < -0.4 is 10.6 Å². The van der Waals surface area contributed by atoms with Crippen molar-refractivity contribution in [2.75, 3.05) is 20.3 Å². The monoisotopic (exact) mass is 760 g/mol. The summed E-state index contributed by atoms with van der Waals surface area (Å²) in [5.74, 6) is -3.05. The molecule has 1 aromatic rings. The molecule has 1 rings (SSSR count). The van der Waals surface area contributed by atoms with Crippen LogP contribution in [0.25, 0.3) is 0 Å². The van der Waals surface area contributed by atoms with E-state index in [0.717, 1.165) is 18.9 Å². The second-order valence-electron chi connectivity index (χ2n) is 13.5. The highest BCUT2D eigenvalue weighted by Gasteiger charge is 2.29. The Balaban J connectivity index is 2.64. The first-order chi connectivity index (χ1) is 21.0. The molecule has 10 nitrogen and oxygen atoms in total. The molecule has 2 atom stereocenters. The number of unbranched alkanes of at least 4 members (excludes halogenated alkanes) is 1. The minimum Gasteiger partial charge on any atom is -0.467 e. The lowest BCUT2D eigenvalue weighted by atomic mass is 9.97. The van der Waals surface area contributed by atoms with Gasteiger partial charge in [-0.2, -0.15) is 0 Å². The molecule has 0 spiro atoms. The van der Waals surface area contributed by atoms with Gasteiger partial charge in [-0.1, -0.05) is 31.8 Å². The molecule has 0 fully saturated rings. The number of amides is 2. The highest BCUT2D eigenvalue weighted by Crippen LogP contribution is 2.18.